The molecule has 0 unspecified atom stereocenters. The number of benzene rings is 1. The van der Waals surface area contributed by atoms with E-state index in [-0.39, 0.29) is 6.67 Å². The number of aromatic amines is 1. The third-order valence-electron chi connectivity index (χ3n) is 3.95. The molecule has 2 heterocycles. The lowest BCUT2D eigenvalue weighted by atomic mass is 10.1. The van der Waals surface area contributed by atoms with Gasteiger partial charge in [0.05, 0.1) is 12.3 Å². The average Bonchev–Trinajstić information content (AvgIpc) is 3.20. The van der Waals surface area contributed by atoms with Gasteiger partial charge < -0.3 is 0 Å². The molecule has 0 spiro atoms. The number of halogens is 4. The summed E-state index contributed by atoms with van der Waals surface area (Å²) in [5.74, 6) is -4.28. The molecule has 0 bridgehead atoms. The number of aromatic nitrogens is 4. The van der Waals surface area contributed by atoms with Crippen LogP contribution in [0.1, 0.15) is 18.3 Å². The van der Waals surface area contributed by atoms with Gasteiger partial charge in [0.2, 0.25) is 5.82 Å². The van der Waals surface area contributed by atoms with Crippen LogP contribution in [0, 0.1) is 3.57 Å². The highest BCUT2D eigenvalue weighted by atomic mass is 127. The zero-order chi connectivity index (χ0) is 20.3. The van der Waals surface area contributed by atoms with Crippen LogP contribution in [0.5, 0.6) is 0 Å². The number of hydrazone groups is 1. The Labute approximate surface area is 178 Å². The minimum Gasteiger partial charge on any atom is -0.271 e. The van der Waals surface area contributed by atoms with E-state index in [4.69, 9.17) is 11.6 Å². The Morgan fingerprint density at radius 2 is 2.14 bits per heavy atom. The summed E-state index contributed by atoms with van der Waals surface area (Å²) in [6, 6.07) is 5.52. The summed E-state index contributed by atoms with van der Waals surface area (Å²) >= 11 is 8.46. The molecule has 1 aromatic heterocycles. The minimum atomic E-state index is -3.52. The first kappa shape index (κ1) is 20.5. The van der Waals surface area contributed by atoms with Gasteiger partial charge in [0.15, 0.2) is 0 Å². The van der Waals surface area contributed by atoms with Crippen molar-refractivity contribution in [2.45, 2.75) is 19.4 Å². The number of aliphatic imine (C=N–C) groups is 1. The van der Waals surface area contributed by atoms with Crippen molar-refractivity contribution in [3.63, 3.8) is 0 Å². The summed E-state index contributed by atoms with van der Waals surface area (Å²) < 4.78 is 30.4. The van der Waals surface area contributed by atoms with Gasteiger partial charge in [-0.25, -0.2) is 0 Å². The van der Waals surface area contributed by atoms with E-state index in [0.717, 1.165) is 9.13 Å². The Balaban J connectivity index is 1.96. The predicted molar refractivity (Wildman–Crippen MR) is 111 cm³/mol. The van der Waals surface area contributed by atoms with Gasteiger partial charge in [0.25, 0.3) is 0 Å². The summed E-state index contributed by atoms with van der Waals surface area (Å²) in [7, 11) is 0. The Hall–Kier alpha value is -2.21. The standard InChI is InChI=1S/C17H15ClF2IN7/c1-10-6-7-15(17(19,20)16-23-26-27-24-16)22-9-28(25-11(10)2)8-12-13(18)4-3-5-14(12)21/h3-7H,1,8-9H2,2H3,(H,23,24,26,27)/b7-6-,22-15?,25-11?. The quantitative estimate of drug-likeness (QED) is 0.623. The SMILES string of the molecule is C=C1/C=C\C(C(F)(F)c2nn[nH]n2)=NCN(Cc2c(Cl)cccc2I)N=C1C. The van der Waals surface area contributed by atoms with Crippen LogP contribution >= 0.6 is 34.2 Å². The molecule has 0 atom stereocenters. The van der Waals surface area contributed by atoms with E-state index in [1.807, 2.05) is 17.3 Å². The van der Waals surface area contributed by atoms with E-state index in [2.05, 4.69) is 54.7 Å². The summed E-state index contributed by atoms with van der Waals surface area (Å²) in [6.45, 7) is 5.81. The van der Waals surface area contributed by atoms with Crippen LogP contribution in [0.25, 0.3) is 0 Å². The van der Waals surface area contributed by atoms with E-state index in [1.165, 1.54) is 12.2 Å². The maximum atomic E-state index is 14.8. The van der Waals surface area contributed by atoms with Crippen molar-refractivity contribution in [2.75, 3.05) is 6.67 Å². The molecule has 0 saturated carbocycles. The molecule has 7 nitrogen and oxygen atoms in total. The zero-order valence-corrected chi connectivity index (χ0v) is 17.6. The third kappa shape index (κ3) is 4.43. The fourth-order valence-electron chi connectivity index (χ4n) is 2.38. The number of allylic oxidation sites excluding steroid dienone is 3. The predicted octanol–water partition coefficient (Wildman–Crippen LogP) is 3.95. The second-order valence-electron chi connectivity index (χ2n) is 5.90. The van der Waals surface area contributed by atoms with Crippen LogP contribution in [0.15, 0.2) is 52.6 Å². The number of hydrogen-bond acceptors (Lipinski definition) is 6. The molecule has 0 saturated heterocycles. The van der Waals surface area contributed by atoms with E-state index in [1.54, 1.807) is 18.0 Å². The smallest absolute Gasteiger partial charge is 0.271 e. The second kappa shape index (κ2) is 8.43. The molecular weight excluding hydrogens is 503 g/mol. The zero-order valence-electron chi connectivity index (χ0n) is 14.7. The largest absolute Gasteiger partial charge is 0.351 e. The first-order valence-corrected chi connectivity index (χ1v) is 9.51. The molecule has 0 fully saturated rings. The van der Waals surface area contributed by atoms with E-state index >= 15 is 0 Å². The van der Waals surface area contributed by atoms with Gasteiger partial charge in [-0.15, -0.1) is 10.2 Å². The number of alkyl halides is 2. The minimum absolute atomic E-state index is 0.112. The van der Waals surface area contributed by atoms with E-state index in [0.29, 0.717) is 22.9 Å². The highest BCUT2D eigenvalue weighted by Crippen LogP contribution is 2.28. The molecule has 0 amide bonds. The summed E-state index contributed by atoms with van der Waals surface area (Å²) in [5, 5.41) is 18.6. The fourth-order valence-corrected chi connectivity index (χ4v) is 3.45. The van der Waals surface area contributed by atoms with Crippen molar-refractivity contribution in [3.8, 4) is 0 Å². The first-order chi connectivity index (χ1) is 13.3. The van der Waals surface area contributed by atoms with Crippen LogP contribution < -0.4 is 0 Å². The number of H-pyrrole nitrogens is 1. The lowest BCUT2D eigenvalue weighted by molar-refractivity contribution is 0.0659. The average molecular weight is 518 g/mol. The van der Waals surface area contributed by atoms with Crippen molar-refractivity contribution in [2.24, 2.45) is 10.1 Å². The molecular formula is C17H15ClF2IN7. The number of hydrogen-bond donors (Lipinski definition) is 1. The van der Waals surface area contributed by atoms with Gasteiger partial charge in [0, 0.05) is 14.2 Å². The van der Waals surface area contributed by atoms with Gasteiger partial charge in [-0.3, -0.25) is 10.0 Å². The Morgan fingerprint density at radius 3 is 2.82 bits per heavy atom. The number of rotatable bonds is 4. The summed E-state index contributed by atoms with van der Waals surface area (Å²) in [6.07, 6.45) is 2.63. The van der Waals surface area contributed by atoms with Crippen LogP contribution in [0.3, 0.4) is 0 Å². The van der Waals surface area contributed by atoms with E-state index in [9.17, 15) is 8.78 Å². The molecule has 2 aromatic rings. The Bertz CT molecular complexity index is 950. The molecule has 1 aliphatic heterocycles. The number of nitrogens with zero attached hydrogens (tertiary/aromatic N) is 6. The van der Waals surface area contributed by atoms with Crippen LogP contribution in [-0.2, 0) is 12.5 Å². The molecule has 0 aliphatic carbocycles. The lowest BCUT2D eigenvalue weighted by Gasteiger charge is -2.20. The molecule has 3 rings (SSSR count). The lowest BCUT2D eigenvalue weighted by Crippen LogP contribution is -2.28. The van der Waals surface area contributed by atoms with Crippen molar-refractivity contribution in [1.29, 1.82) is 0 Å². The fraction of sp³-hybridized carbons (Fsp3) is 0.235. The monoisotopic (exact) mass is 517 g/mol. The molecule has 1 aromatic carbocycles. The number of tetrazole rings is 1. The van der Waals surface area contributed by atoms with Crippen LogP contribution in [0.4, 0.5) is 8.78 Å². The third-order valence-corrected chi connectivity index (χ3v) is 5.32. The Morgan fingerprint density at radius 1 is 1.36 bits per heavy atom. The van der Waals surface area contributed by atoms with E-state index < -0.39 is 17.5 Å². The van der Waals surface area contributed by atoms with Gasteiger partial charge in [-0.2, -0.15) is 19.1 Å². The van der Waals surface area contributed by atoms with Gasteiger partial charge >= 0.3 is 5.92 Å². The van der Waals surface area contributed by atoms with Crippen molar-refractivity contribution < 1.29 is 8.78 Å². The summed E-state index contributed by atoms with van der Waals surface area (Å²) in [4.78, 5) is 4.07. The summed E-state index contributed by atoms with van der Waals surface area (Å²) in [5.41, 5.74) is 1.38. The molecule has 28 heavy (non-hydrogen) atoms. The normalized spacial score (nSPS) is 16.8. The van der Waals surface area contributed by atoms with Crippen molar-refractivity contribution >= 4 is 45.6 Å². The number of nitrogens with one attached hydrogen (secondary N) is 1. The van der Waals surface area contributed by atoms with Gasteiger partial charge in [-0.05, 0) is 58.5 Å². The maximum absolute atomic E-state index is 14.8. The van der Waals surface area contributed by atoms with Crippen molar-refractivity contribution in [1.82, 2.24) is 25.6 Å². The highest BCUT2D eigenvalue weighted by Gasteiger charge is 2.41. The maximum Gasteiger partial charge on any atom is 0.351 e. The molecule has 11 heteroatoms. The molecule has 0 radical (unpaired) electrons. The molecule has 146 valence electrons. The van der Waals surface area contributed by atoms with Gasteiger partial charge in [0.1, 0.15) is 12.4 Å². The topological polar surface area (TPSA) is 82.4 Å². The molecule has 1 aliphatic rings. The highest BCUT2D eigenvalue weighted by molar-refractivity contribution is 14.1. The van der Waals surface area contributed by atoms with Crippen LogP contribution in [0.2, 0.25) is 5.02 Å². The molecule has 1 N–H and O–H groups in total. The Kier molecular flexibility index (Phi) is 6.18. The van der Waals surface area contributed by atoms with Crippen molar-refractivity contribution in [3.05, 3.63) is 62.5 Å². The van der Waals surface area contributed by atoms with Gasteiger partial charge in [-0.1, -0.05) is 30.3 Å². The van der Waals surface area contributed by atoms with Crippen LogP contribution in [-0.4, -0.2) is 43.7 Å². The first-order valence-electron chi connectivity index (χ1n) is 8.06. The second-order valence-corrected chi connectivity index (χ2v) is 7.47.